The number of nitrogens with zero attached hydrogens (tertiary/aromatic N) is 2. The van der Waals surface area contributed by atoms with Crippen LogP contribution in [0.2, 0.25) is 0 Å². The van der Waals surface area contributed by atoms with E-state index in [2.05, 4.69) is 15.3 Å². The van der Waals surface area contributed by atoms with Gasteiger partial charge < -0.3 is 10.4 Å². The summed E-state index contributed by atoms with van der Waals surface area (Å²) in [4.78, 5) is 19.4. The Bertz CT molecular complexity index is 771. The number of aromatic nitrogens is 1. The first kappa shape index (κ1) is 14.0. The molecule has 3 rings (SSSR count). The summed E-state index contributed by atoms with van der Waals surface area (Å²) in [6.07, 6.45) is 6.80. The Morgan fingerprint density at radius 3 is 2.86 bits per heavy atom. The lowest BCUT2D eigenvalue weighted by Crippen LogP contribution is -2.49. The molecule has 110 valence electrons. The van der Waals surface area contributed by atoms with Gasteiger partial charge in [-0.1, -0.05) is 12.1 Å². The summed E-state index contributed by atoms with van der Waals surface area (Å²) in [6.45, 7) is 0. The molecular weight excluding hydrogens is 280 g/mol. The first-order chi connectivity index (χ1) is 10.6. The summed E-state index contributed by atoms with van der Waals surface area (Å²) >= 11 is 0. The van der Waals surface area contributed by atoms with Crippen molar-refractivity contribution in [2.75, 3.05) is 0 Å². The van der Waals surface area contributed by atoms with Crippen molar-refractivity contribution in [1.29, 1.82) is 0 Å². The van der Waals surface area contributed by atoms with Gasteiger partial charge in [0.05, 0.1) is 5.56 Å². The van der Waals surface area contributed by atoms with E-state index in [-0.39, 0.29) is 5.56 Å². The number of hydrogen-bond acceptors (Lipinski definition) is 5. The van der Waals surface area contributed by atoms with Crippen LogP contribution in [-0.2, 0) is 5.79 Å². The van der Waals surface area contributed by atoms with Crippen LogP contribution in [0.5, 0.6) is 0 Å². The van der Waals surface area contributed by atoms with Crippen molar-refractivity contribution in [3.05, 3.63) is 71.6 Å². The Labute approximate surface area is 127 Å². The minimum absolute atomic E-state index is 0.164. The number of nitrogens with one attached hydrogen (secondary N) is 1. The van der Waals surface area contributed by atoms with Crippen LogP contribution in [0.1, 0.15) is 21.5 Å². The predicted octanol–water partition coefficient (Wildman–Crippen LogP) is 1.56. The number of hydrogen-bond donors (Lipinski definition) is 3. The van der Waals surface area contributed by atoms with Crippen LogP contribution < -0.4 is 11.1 Å². The van der Waals surface area contributed by atoms with E-state index in [4.69, 9.17) is 10.8 Å². The van der Waals surface area contributed by atoms with Gasteiger partial charge in [0.2, 0.25) is 5.79 Å². The zero-order chi connectivity index (χ0) is 15.6. The normalized spacial score (nSPS) is 20.1. The van der Waals surface area contributed by atoms with Crippen molar-refractivity contribution < 1.29 is 9.90 Å². The SMILES string of the molecule is NC1(c2cccc(C(=O)O)c2)N=CC=C(c2cccnc2)N1. The zero-order valence-corrected chi connectivity index (χ0v) is 11.6. The molecule has 6 heteroatoms. The molecule has 0 saturated carbocycles. The van der Waals surface area contributed by atoms with Gasteiger partial charge in [-0.25, -0.2) is 9.79 Å². The number of rotatable bonds is 3. The Morgan fingerprint density at radius 2 is 2.14 bits per heavy atom. The molecule has 22 heavy (non-hydrogen) atoms. The van der Waals surface area contributed by atoms with Crippen LogP contribution >= 0.6 is 0 Å². The molecule has 2 aromatic rings. The summed E-state index contributed by atoms with van der Waals surface area (Å²) in [7, 11) is 0. The first-order valence-electron chi connectivity index (χ1n) is 6.65. The van der Waals surface area contributed by atoms with Gasteiger partial charge in [0.25, 0.3) is 0 Å². The molecule has 0 aliphatic carbocycles. The van der Waals surface area contributed by atoms with Crippen molar-refractivity contribution in [2.24, 2.45) is 10.7 Å². The van der Waals surface area contributed by atoms with Crippen molar-refractivity contribution >= 4 is 17.9 Å². The quantitative estimate of drug-likeness (QED) is 0.797. The molecule has 0 fully saturated rings. The largest absolute Gasteiger partial charge is 0.478 e. The molecule has 0 radical (unpaired) electrons. The Hall–Kier alpha value is -2.99. The van der Waals surface area contributed by atoms with Crippen LogP contribution in [-0.4, -0.2) is 22.3 Å². The molecule has 1 unspecified atom stereocenters. The predicted molar refractivity (Wildman–Crippen MR) is 83.1 cm³/mol. The minimum atomic E-state index is -1.22. The molecule has 0 bridgehead atoms. The van der Waals surface area contributed by atoms with Crippen molar-refractivity contribution in [1.82, 2.24) is 10.3 Å². The van der Waals surface area contributed by atoms with E-state index in [1.54, 1.807) is 36.8 Å². The molecular formula is C16H14N4O2. The highest BCUT2D eigenvalue weighted by atomic mass is 16.4. The van der Waals surface area contributed by atoms with E-state index in [1.807, 2.05) is 12.1 Å². The maximum Gasteiger partial charge on any atom is 0.335 e. The van der Waals surface area contributed by atoms with E-state index in [0.717, 1.165) is 11.3 Å². The van der Waals surface area contributed by atoms with Crippen molar-refractivity contribution in [3.63, 3.8) is 0 Å². The number of benzene rings is 1. The van der Waals surface area contributed by atoms with E-state index in [1.165, 1.54) is 12.1 Å². The summed E-state index contributed by atoms with van der Waals surface area (Å²) in [5.41, 5.74) is 8.69. The molecule has 0 spiro atoms. The fourth-order valence-electron chi connectivity index (χ4n) is 2.24. The van der Waals surface area contributed by atoms with Gasteiger partial charge in [-0.15, -0.1) is 0 Å². The van der Waals surface area contributed by atoms with Gasteiger partial charge in [0.15, 0.2) is 0 Å². The van der Waals surface area contributed by atoms with Gasteiger partial charge in [-0.3, -0.25) is 10.7 Å². The molecule has 2 heterocycles. The second-order valence-electron chi connectivity index (χ2n) is 4.88. The van der Waals surface area contributed by atoms with E-state index in [0.29, 0.717) is 5.56 Å². The molecule has 1 aromatic carbocycles. The highest BCUT2D eigenvalue weighted by molar-refractivity contribution is 5.88. The summed E-state index contributed by atoms with van der Waals surface area (Å²) in [5.74, 6) is -2.22. The van der Waals surface area contributed by atoms with Gasteiger partial charge in [0.1, 0.15) is 0 Å². The lowest BCUT2D eigenvalue weighted by atomic mass is 10.0. The topological polar surface area (TPSA) is 101 Å². The molecule has 6 nitrogen and oxygen atoms in total. The van der Waals surface area contributed by atoms with E-state index in [9.17, 15) is 4.79 Å². The number of pyridine rings is 1. The summed E-state index contributed by atoms with van der Waals surface area (Å²) < 4.78 is 0. The van der Waals surface area contributed by atoms with Crippen LogP contribution in [0.3, 0.4) is 0 Å². The van der Waals surface area contributed by atoms with Gasteiger partial charge >= 0.3 is 5.97 Å². The molecule has 1 atom stereocenters. The smallest absolute Gasteiger partial charge is 0.335 e. The lowest BCUT2D eigenvalue weighted by molar-refractivity contribution is 0.0696. The van der Waals surface area contributed by atoms with Gasteiger partial charge in [0, 0.05) is 35.4 Å². The molecule has 4 N–H and O–H groups in total. The maximum absolute atomic E-state index is 11.1. The highest BCUT2D eigenvalue weighted by Crippen LogP contribution is 2.25. The number of nitrogens with two attached hydrogens (primary N) is 1. The van der Waals surface area contributed by atoms with Crippen LogP contribution in [0.25, 0.3) is 5.70 Å². The molecule has 0 amide bonds. The maximum atomic E-state index is 11.1. The third kappa shape index (κ3) is 2.59. The van der Waals surface area contributed by atoms with Crippen LogP contribution in [0, 0.1) is 0 Å². The zero-order valence-electron chi connectivity index (χ0n) is 11.6. The number of carboxylic acids is 1. The average molecular weight is 294 g/mol. The molecule has 1 aromatic heterocycles. The summed E-state index contributed by atoms with van der Waals surface area (Å²) in [6, 6.07) is 10.1. The number of carbonyl (C=O) groups is 1. The molecule has 1 aliphatic rings. The number of aliphatic imine (C=N–C) groups is 1. The van der Waals surface area contributed by atoms with Crippen molar-refractivity contribution in [3.8, 4) is 0 Å². The van der Waals surface area contributed by atoms with Gasteiger partial charge in [-0.05, 0) is 30.3 Å². The van der Waals surface area contributed by atoms with Crippen LogP contribution in [0.15, 0.2) is 59.9 Å². The third-order valence-corrected chi connectivity index (χ3v) is 3.37. The van der Waals surface area contributed by atoms with E-state index >= 15 is 0 Å². The number of aromatic carboxylic acids is 1. The number of allylic oxidation sites excluding steroid dienone is 1. The Morgan fingerprint density at radius 1 is 1.27 bits per heavy atom. The highest BCUT2D eigenvalue weighted by Gasteiger charge is 2.29. The van der Waals surface area contributed by atoms with Crippen molar-refractivity contribution in [2.45, 2.75) is 5.79 Å². The molecule has 0 saturated heterocycles. The minimum Gasteiger partial charge on any atom is -0.478 e. The fourth-order valence-corrected chi connectivity index (χ4v) is 2.24. The fraction of sp³-hybridized carbons (Fsp3) is 0.0625. The van der Waals surface area contributed by atoms with E-state index < -0.39 is 11.8 Å². The monoisotopic (exact) mass is 294 g/mol. The first-order valence-corrected chi connectivity index (χ1v) is 6.65. The number of carboxylic acid groups (broad SMARTS) is 1. The third-order valence-electron chi connectivity index (χ3n) is 3.37. The Balaban J connectivity index is 1.95. The summed E-state index contributed by atoms with van der Waals surface area (Å²) in [5, 5.41) is 12.2. The molecule has 1 aliphatic heterocycles. The second-order valence-corrected chi connectivity index (χ2v) is 4.88. The lowest BCUT2D eigenvalue weighted by Gasteiger charge is -2.31. The van der Waals surface area contributed by atoms with Crippen LogP contribution in [0.4, 0.5) is 0 Å². The standard InChI is InChI=1S/C16H14N4O2/c17-16(13-5-1-3-11(9-13)15(21)22)19-8-6-14(20-16)12-4-2-7-18-10-12/h1-10,20H,17H2,(H,21,22). The average Bonchev–Trinajstić information content (AvgIpc) is 2.56. The van der Waals surface area contributed by atoms with Gasteiger partial charge in [-0.2, -0.15) is 0 Å². The second kappa shape index (κ2) is 5.42. The Kier molecular flexibility index (Phi) is 3.44.